The Kier molecular flexibility index (Phi) is 4.63. The van der Waals surface area contributed by atoms with E-state index in [4.69, 9.17) is 4.74 Å². The lowest BCUT2D eigenvalue weighted by Crippen LogP contribution is -2.12. The Morgan fingerprint density at radius 1 is 1.29 bits per heavy atom. The quantitative estimate of drug-likeness (QED) is 0.578. The second-order valence-electron chi connectivity index (χ2n) is 3.39. The van der Waals surface area contributed by atoms with Gasteiger partial charge < -0.3 is 9.47 Å². The van der Waals surface area contributed by atoms with Crippen molar-refractivity contribution in [3.63, 3.8) is 0 Å². The van der Waals surface area contributed by atoms with Crippen molar-refractivity contribution < 1.29 is 23.5 Å². The third-order valence-electron chi connectivity index (χ3n) is 2.24. The van der Waals surface area contributed by atoms with Crippen LogP contribution in [0.3, 0.4) is 0 Å². The molecule has 0 atom stereocenters. The number of hydrogen-bond donors (Lipinski definition) is 0. The van der Waals surface area contributed by atoms with Crippen LogP contribution >= 0.6 is 0 Å². The SMILES string of the molecule is COC(=O)CC(=O)Cc1c(F)cccc1OC. The molecule has 0 saturated carbocycles. The summed E-state index contributed by atoms with van der Waals surface area (Å²) in [6, 6.07) is 4.29. The minimum absolute atomic E-state index is 0.156. The third kappa shape index (κ3) is 3.55. The Bertz CT molecular complexity index is 429. The maximum absolute atomic E-state index is 13.5. The fourth-order valence-electron chi connectivity index (χ4n) is 1.39. The van der Waals surface area contributed by atoms with Gasteiger partial charge in [0.1, 0.15) is 23.8 Å². The first kappa shape index (κ1) is 13.2. The van der Waals surface area contributed by atoms with E-state index in [1.807, 2.05) is 0 Å². The van der Waals surface area contributed by atoms with Gasteiger partial charge in [-0.3, -0.25) is 9.59 Å². The minimum atomic E-state index is -0.634. The number of ether oxygens (including phenoxy) is 2. The summed E-state index contributed by atoms with van der Waals surface area (Å²) in [5.74, 6) is -1.28. The van der Waals surface area contributed by atoms with Crippen molar-refractivity contribution >= 4 is 11.8 Å². The highest BCUT2D eigenvalue weighted by Crippen LogP contribution is 2.22. The average Bonchev–Trinajstić information content (AvgIpc) is 2.31. The highest BCUT2D eigenvalue weighted by molar-refractivity contribution is 5.96. The number of hydrogen-bond acceptors (Lipinski definition) is 4. The minimum Gasteiger partial charge on any atom is -0.496 e. The van der Waals surface area contributed by atoms with E-state index in [-0.39, 0.29) is 18.4 Å². The smallest absolute Gasteiger partial charge is 0.313 e. The van der Waals surface area contributed by atoms with E-state index in [2.05, 4.69) is 4.74 Å². The zero-order valence-electron chi connectivity index (χ0n) is 9.66. The van der Waals surface area contributed by atoms with Crippen LogP contribution in [0.1, 0.15) is 12.0 Å². The molecule has 1 aromatic rings. The summed E-state index contributed by atoms with van der Waals surface area (Å²) in [7, 11) is 2.59. The first-order chi connectivity index (χ1) is 8.08. The molecule has 0 aliphatic rings. The zero-order valence-corrected chi connectivity index (χ0v) is 9.66. The highest BCUT2D eigenvalue weighted by atomic mass is 19.1. The van der Waals surface area contributed by atoms with Crippen LogP contribution in [0.2, 0.25) is 0 Å². The van der Waals surface area contributed by atoms with E-state index < -0.39 is 17.6 Å². The normalized spacial score (nSPS) is 9.82. The number of Topliss-reactive ketones (excluding diaryl/α,β-unsaturated/α-hetero) is 1. The van der Waals surface area contributed by atoms with Crippen LogP contribution in [0.4, 0.5) is 4.39 Å². The van der Waals surface area contributed by atoms with E-state index >= 15 is 0 Å². The molecule has 0 aromatic heterocycles. The molecule has 92 valence electrons. The Morgan fingerprint density at radius 2 is 2.00 bits per heavy atom. The number of esters is 1. The van der Waals surface area contributed by atoms with E-state index in [0.717, 1.165) is 0 Å². The lowest BCUT2D eigenvalue weighted by Gasteiger charge is -2.08. The summed E-state index contributed by atoms with van der Waals surface area (Å²) in [4.78, 5) is 22.4. The maximum atomic E-state index is 13.5. The van der Waals surface area contributed by atoms with Gasteiger partial charge in [0.05, 0.1) is 14.2 Å². The molecule has 0 fully saturated rings. The van der Waals surface area contributed by atoms with Gasteiger partial charge in [-0.05, 0) is 12.1 Å². The fraction of sp³-hybridized carbons (Fsp3) is 0.333. The summed E-state index contributed by atoms with van der Waals surface area (Å²) in [5.41, 5.74) is 0.156. The molecule has 1 aromatic carbocycles. The molecule has 0 spiro atoms. The third-order valence-corrected chi connectivity index (χ3v) is 2.24. The van der Waals surface area contributed by atoms with Crippen molar-refractivity contribution in [2.45, 2.75) is 12.8 Å². The van der Waals surface area contributed by atoms with Gasteiger partial charge in [-0.1, -0.05) is 6.07 Å². The molecule has 0 saturated heterocycles. The number of rotatable bonds is 5. The topological polar surface area (TPSA) is 52.6 Å². The summed E-state index contributed by atoms with van der Waals surface area (Å²) >= 11 is 0. The molecule has 0 amide bonds. The summed E-state index contributed by atoms with van der Waals surface area (Å²) in [5, 5.41) is 0. The molecule has 0 heterocycles. The van der Waals surface area contributed by atoms with Gasteiger partial charge >= 0.3 is 5.97 Å². The van der Waals surface area contributed by atoms with Gasteiger partial charge in [0, 0.05) is 12.0 Å². The Labute approximate surface area is 98.3 Å². The van der Waals surface area contributed by atoms with Crippen LogP contribution < -0.4 is 4.74 Å². The molecular formula is C12H13FO4. The molecule has 0 N–H and O–H groups in total. The largest absolute Gasteiger partial charge is 0.496 e. The van der Waals surface area contributed by atoms with Crippen molar-refractivity contribution in [2.75, 3.05) is 14.2 Å². The monoisotopic (exact) mass is 240 g/mol. The molecule has 0 aliphatic heterocycles. The molecule has 0 aliphatic carbocycles. The maximum Gasteiger partial charge on any atom is 0.313 e. The van der Waals surface area contributed by atoms with E-state index in [1.165, 1.54) is 26.4 Å². The van der Waals surface area contributed by atoms with Crippen LogP contribution in [-0.4, -0.2) is 26.0 Å². The van der Waals surface area contributed by atoms with Crippen molar-refractivity contribution in [3.8, 4) is 5.75 Å². The molecule has 0 radical (unpaired) electrons. The van der Waals surface area contributed by atoms with Gasteiger partial charge in [-0.2, -0.15) is 0 Å². The summed E-state index contributed by atoms with van der Waals surface area (Å²) in [6.07, 6.45) is -0.557. The first-order valence-corrected chi connectivity index (χ1v) is 4.98. The fourth-order valence-corrected chi connectivity index (χ4v) is 1.39. The number of carbonyl (C=O) groups is 2. The number of ketones is 1. The van der Waals surface area contributed by atoms with Crippen LogP contribution in [-0.2, 0) is 20.7 Å². The zero-order chi connectivity index (χ0) is 12.8. The molecule has 4 nitrogen and oxygen atoms in total. The predicted octanol–water partition coefficient (Wildman–Crippen LogP) is 1.51. The first-order valence-electron chi connectivity index (χ1n) is 4.98. The Balaban J connectivity index is 2.80. The van der Waals surface area contributed by atoms with E-state index in [9.17, 15) is 14.0 Å². The van der Waals surface area contributed by atoms with Crippen molar-refractivity contribution in [3.05, 3.63) is 29.6 Å². The Hall–Kier alpha value is -1.91. The lowest BCUT2D eigenvalue weighted by atomic mass is 10.1. The number of carbonyl (C=O) groups excluding carboxylic acids is 2. The highest BCUT2D eigenvalue weighted by Gasteiger charge is 2.16. The van der Waals surface area contributed by atoms with Crippen LogP contribution in [0.25, 0.3) is 0 Å². The van der Waals surface area contributed by atoms with Gasteiger partial charge in [0.15, 0.2) is 0 Å². The summed E-state index contributed by atoms with van der Waals surface area (Å²) < 4.78 is 22.8. The van der Waals surface area contributed by atoms with E-state index in [1.54, 1.807) is 6.07 Å². The predicted molar refractivity (Wildman–Crippen MR) is 58.3 cm³/mol. The Morgan fingerprint density at radius 3 is 2.59 bits per heavy atom. The number of halogens is 1. The number of methoxy groups -OCH3 is 2. The van der Waals surface area contributed by atoms with Crippen molar-refractivity contribution in [1.29, 1.82) is 0 Å². The van der Waals surface area contributed by atoms with Gasteiger partial charge in [0.25, 0.3) is 0 Å². The molecule has 0 bridgehead atoms. The van der Waals surface area contributed by atoms with Gasteiger partial charge in [-0.25, -0.2) is 4.39 Å². The number of benzene rings is 1. The second-order valence-corrected chi connectivity index (χ2v) is 3.39. The lowest BCUT2D eigenvalue weighted by molar-refractivity contribution is -0.143. The summed E-state index contributed by atoms with van der Waals surface area (Å²) in [6.45, 7) is 0. The van der Waals surface area contributed by atoms with Gasteiger partial charge in [-0.15, -0.1) is 0 Å². The standard InChI is InChI=1S/C12H13FO4/c1-16-11-5-3-4-10(13)9(11)6-8(14)7-12(15)17-2/h3-5H,6-7H2,1-2H3. The average molecular weight is 240 g/mol. The molecule has 17 heavy (non-hydrogen) atoms. The van der Waals surface area contributed by atoms with Gasteiger partial charge in [0.2, 0.25) is 0 Å². The second kappa shape index (κ2) is 5.98. The molecular weight excluding hydrogens is 227 g/mol. The molecule has 0 unspecified atom stereocenters. The van der Waals surface area contributed by atoms with Crippen LogP contribution in [0.15, 0.2) is 18.2 Å². The van der Waals surface area contributed by atoms with Crippen LogP contribution in [0.5, 0.6) is 5.75 Å². The van der Waals surface area contributed by atoms with Crippen molar-refractivity contribution in [2.24, 2.45) is 0 Å². The molecule has 1 rings (SSSR count). The molecule has 5 heteroatoms. The van der Waals surface area contributed by atoms with E-state index in [0.29, 0.717) is 5.75 Å². The van der Waals surface area contributed by atoms with Crippen molar-refractivity contribution in [1.82, 2.24) is 0 Å². The van der Waals surface area contributed by atoms with Crippen LogP contribution in [0, 0.1) is 5.82 Å².